The molecule has 0 aliphatic heterocycles. The van der Waals surface area contributed by atoms with Crippen molar-refractivity contribution in [2.45, 2.75) is 32.2 Å². The maximum Gasteiger partial charge on any atom is 0.327 e. The summed E-state index contributed by atoms with van der Waals surface area (Å²) in [5.41, 5.74) is 0. The fourth-order valence-corrected chi connectivity index (χ4v) is 1.13. The average molecular weight is 211 g/mol. The van der Waals surface area contributed by atoms with Crippen molar-refractivity contribution in [2.24, 2.45) is 0 Å². The lowest BCUT2D eigenvalue weighted by molar-refractivity contribution is -0.143. The van der Waals surface area contributed by atoms with Gasteiger partial charge in [0.15, 0.2) is 0 Å². The molecule has 0 saturated carbocycles. The van der Waals surface area contributed by atoms with Crippen LogP contribution < -0.4 is 5.32 Å². The molecule has 1 N–H and O–H groups in total. The third-order valence-corrected chi connectivity index (χ3v) is 1.98. The van der Waals surface area contributed by atoms with Gasteiger partial charge < -0.3 is 10.1 Å². The SMILES string of the molecule is C=CCOC(=O)C(C=C)NCCCCC. The zero-order chi connectivity index (χ0) is 11.5. The summed E-state index contributed by atoms with van der Waals surface area (Å²) in [6, 6.07) is -0.401. The second kappa shape index (κ2) is 9.46. The molecule has 0 aliphatic rings. The van der Waals surface area contributed by atoms with Gasteiger partial charge in [-0.2, -0.15) is 0 Å². The maximum absolute atomic E-state index is 11.4. The Hall–Kier alpha value is -1.09. The first kappa shape index (κ1) is 13.9. The molecule has 0 saturated heterocycles. The number of ether oxygens (including phenoxy) is 1. The summed E-state index contributed by atoms with van der Waals surface area (Å²) in [6.45, 7) is 10.3. The Morgan fingerprint density at radius 3 is 2.73 bits per heavy atom. The molecule has 3 heteroatoms. The summed E-state index contributed by atoms with van der Waals surface area (Å²) in [5.74, 6) is -0.290. The third kappa shape index (κ3) is 6.91. The highest BCUT2D eigenvalue weighted by Gasteiger charge is 2.14. The van der Waals surface area contributed by atoms with Crippen LogP contribution >= 0.6 is 0 Å². The van der Waals surface area contributed by atoms with Crippen LogP contribution in [0.5, 0.6) is 0 Å². The van der Waals surface area contributed by atoms with E-state index < -0.39 is 6.04 Å². The molecule has 0 aromatic rings. The minimum atomic E-state index is -0.401. The monoisotopic (exact) mass is 211 g/mol. The molecule has 0 radical (unpaired) electrons. The van der Waals surface area contributed by atoms with Crippen LogP contribution in [-0.2, 0) is 9.53 Å². The minimum Gasteiger partial charge on any atom is -0.460 e. The van der Waals surface area contributed by atoms with Crippen molar-refractivity contribution in [1.29, 1.82) is 0 Å². The van der Waals surface area contributed by atoms with Crippen LogP contribution in [0, 0.1) is 0 Å². The second-order valence-electron chi connectivity index (χ2n) is 3.29. The third-order valence-electron chi connectivity index (χ3n) is 1.98. The molecule has 0 amide bonds. The van der Waals surface area contributed by atoms with Gasteiger partial charge in [0.2, 0.25) is 0 Å². The van der Waals surface area contributed by atoms with Crippen LogP contribution in [0.1, 0.15) is 26.2 Å². The molecular formula is C12H21NO2. The molecule has 15 heavy (non-hydrogen) atoms. The van der Waals surface area contributed by atoms with Crippen molar-refractivity contribution in [1.82, 2.24) is 5.32 Å². The fourth-order valence-electron chi connectivity index (χ4n) is 1.13. The van der Waals surface area contributed by atoms with Gasteiger partial charge in [0.05, 0.1) is 0 Å². The van der Waals surface area contributed by atoms with Gasteiger partial charge in [0.25, 0.3) is 0 Å². The van der Waals surface area contributed by atoms with Crippen LogP contribution in [0.4, 0.5) is 0 Å². The molecule has 1 atom stereocenters. The summed E-state index contributed by atoms with van der Waals surface area (Å²) in [4.78, 5) is 11.4. The van der Waals surface area contributed by atoms with Gasteiger partial charge in [0, 0.05) is 0 Å². The molecule has 0 bridgehead atoms. The second-order valence-corrected chi connectivity index (χ2v) is 3.29. The van der Waals surface area contributed by atoms with Gasteiger partial charge in [-0.25, -0.2) is 4.79 Å². The lowest BCUT2D eigenvalue weighted by Gasteiger charge is -2.12. The summed E-state index contributed by atoms with van der Waals surface area (Å²) in [5, 5.41) is 3.09. The molecule has 0 heterocycles. The first-order valence-electron chi connectivity index (χ1n) is 5.39. The first-order valence-corrected chi connectivity index (χ1v) is 5.39. The normalized spacial score (nSPS) is 11.8. The Morgan fingerprint density at radius 2 is 2.20 bits per heavy atom. The number of nitrogens with one attached hydrogen (secondary N) is 1. The number of rotatable bonds is 9. The Kier molecular flexibility index (Phi) is 8.78. The van der Waals surface area contributed by atoms with Crippen LogP contribution in [-0.4, -0.2) is 25.2 Å². The minimum absolute atomic E-state index is 0.250. The van der Waals surface area contributed by atoms with E-state index in [-0.39, 0.29) is 12.6 Å². The van der Waals surface area contributed by atoms with Gasteiger partial charge in [-0.15, -0.1) is 6.58 Å². The first-order chi connectivity index (χ1) is 7.26. The molecule has 0 rings (SSSR count). The molecular weight excluding hydrogens is 190 g/mol. The van der Waals surface area contributed by atoms with Crippen molar-refractivity contribution >= 4 is 5.97 Å². The molecule has 0 aromatic carbocycles. The molecule has 3 nitrogen and oxygen atoms in total. The van der Waals surface area contributed by atoms with Crippen molar-refractivity contribution in [3.63, 3.8) is 0 Å². The van der Waals surface area contributed by atoms with Crippen molar-refractivity contribution in [3.05, 3.63) is 25.3 Å². The summed E-state index contributed by atoms with van der Waals surface area (Å²) >= 11 is 0. The van der Waals surface area contributed by atoms with E-state index in [9.17, 15) is 4.79 Å². The van der Waals surface area contributed by atoms with E-state index in [0.717, 1.165) is 13.0 Å². The quantitative estimate of drug-likeness (QED) is 0.360. The highest BCUT2D eigenvalue weighted by atomic mass is 16.5. The maximum atomic E-state index is 11.4. The van der Waals surface area contributed by atoms with E-state index in [2.05, 4.69) is 25.4 Å². The standard InChI is InChI=1S/C12H21NO2/c1-4-7-8-9-13-11(6-3)12(14)15-10-5-2/h5-6,11,13H,2-4,7-10H2,1H3. The smallest absolute Gasteiger partial charge is 0.327 e. The number of hydrogen-bond donors (Lipinski definition) is 1. The Balaban J connectivity index is 3.74. The predicted octanol–water partition coefficient (Wildman–Crippen LogP) is 2.05. The molecule has 0 aliphatic carbocycles. The van der Waals surface area contributed by atoms with Gasteiger partial charge in [-0.1, -0.05) is 38.5 Å². The van der Waals surface area contributed by atoms with E-state index in [1.807, 2.05) is 0 Å². The van der Waals surface area contributed by atoms with Crippen LogP contribution in [0.15, 0.2) is 25.3 Å². The lowest BCUT2D eigenvalue weighted by Crippen LogP contribution is -2.36. The number of carbonyl (C=O) groups excluding carboxylic acids is 1. The predicted molar refractivity (Wildman–Crippen MR) is 62.7 cm³/mol. The molecule has 0 aromatic heterocycles. The molecule has 1 unspecified atom stereocenters. The zero-order valence-electron chi connectivity index (χ0n) is 9.50. The number of hydrogen-bond acceptors (Lipinski definition) is 3. The zero-order valence-corrected chi connectivity index (χ0v) is 9.50. The van der Waals surface area contributed by atoms with Gasteiger partial charge in [-0.05, 0) is 13.0 Å². The van der Waals surface area contributed by atoms with E-state index >= 15 is 0 Å². The molecule has 0 fully saturated rings. The van der Waals surface area contributed by atoms with Crippen molar-refractivity contribution in [2.75, 3.05) is 13.2 Å². The van der Waals surface area contributed by atoms with Gasteiger partial charge in [-0.3, -0.25) is 0 Å². The Bertz CT molecular complexity index is 202. The van der Waals surface area contributed by atoms with E-state index in [4.69, 9.17) is 4.74 Å². The molecule has 0 spiro atoms. The topological polar surface area (TPSA) is 38.3 Å². The fraction of sp³-hybridized carbons (Fsp3) is 0.583. The van der Waals surface area contributed by atoms with Crippen LogP contribution in [0.2, 0.25) is 0 Å². The highest BCUT2D eigenvalue weighted by Crippen LogP contribution is 1.95. The number of carbonyl (C=O) groups is 1. The highest BCUT2D eigenvalue weighted by molar-refractivity contribution is 5.77. The van der Waals surface area contributed by atoms with Crippen molar-refractivity contribution < 1.29 is 9.53 Å². The summed E-state index contributed by atoms with van der Waals surface area (Å²) in [7, 11) is 0. The summed E-state index contributed by atoms with van der Waals surface area (Å²) in [6.07, 6.45) is 6.52. The molecule has 86 valence electrons. The van der Waals surface area contributed by atoms with Crippen molar-refractivity contribution in [3.8, 4) is 0 Å². The van der Waals surface area contributed by atoms with E-state index in [0.29, 0.717) is 0 Å². The van der Waals surface area contributed by atoms with Gasteiger partial charge in [0.1, 0.15) is 12.6 Å². The van der Waals surface area contributed by atoms with E-state index in [1.165, 1.54) is 12.8 Å². The van der Waals surface area contributed by atoms with Gasteiger partial charge >= 0.3 is 5.97 Å². The van der Waals surface area contributed by atoms with E-state index in [1.54, 1.807) is 12.2 Å². The lowest BCUT2D eigenvalue weighted by atomic mass is 10.2. The number of esters is 1. The average Bonchev–Trinajstić information content (AvgIpc) is 2.26. The number of unbranched alkanes of at least 4 members (excludes halogenated alkanes) is 2. The van der Waals surface area contributed by atoms with Crippen LogP contribution in [0.25, 0.3) is 0 Å². The summed E-state index contributed by atoms with van der Waals surface area (Å²) < 4.78 is 4.91. The Labute approximate surface area is 92.2 Å². The largest absolute Gasteiger partial charge is 0.460 e. The van der Waals surface area contributed by atoms with Crippen LogP contribution in [0.3, 0.4) is 0 Å². The Morgan fingerprint density at radius 1 is 1.47 bits per heavy atom.